The van der Waals surface area contributed by atoms with Gasteiger partial charge >= 0.3 is 0 Å². The van der Waals surface area contributed by atoms with Gasteiger partial charge < -0.3 is 0 Å². The molecule has 0 amide bonds. The molecule has 4 rings (SSSR count). The minimum absolute atomic E-state index is 0.295. The molecule has 0 fully saturated rings. The average Bonchev–Trinajstić information content (AvgIpc) is 2.87. The van der Waals surface area contributed by atoms with Gasteiger partial charge in [0, 0.05) is 5.56 Å². The first kappa shape index (κ1) is 15.1. The van der Waals surface area contributed by atoms with Crippen LogP contribution in [0.5, 0.6) is 0 Å². The van der Waals surface area contributed by atoms with Crippen LogP contribution in [0.3, 0.4) is 0 Å². The molecule has 24 heavy (non-hydrogen) atoms. The maximum atomic E-state index is 13.5. The van der Waals surface area contributed by atoms with Gasteiger partial charge in [-0.15, -0.1) is 0 Å². The monoisotopic (exact) mass is 314 g/mol. The lowest BCUT2D eigenvalue weighted by Crippen LogP contribution is -2.35. The van der Waals surface area contributed by atoms with Gasteiger partial charge in [0.2, 0.25) is 0 Å². The summed E-state index contributed by atoms with van der Waals surface area (Å²) in [5.74, 6) is 0.755. The molecule has 120 valence electrons. The van der Waals surface area contributed by atoms with E-state index in [0.717, 1.165) is 18.4 Å². The van der Waals surface area contributed by atoms with Crippen LogP contribution in [0, 0.1) is 5.92 Å². The molecule has 0 bridgehead atoms. The predicted octanol–water partition coefficient (Wildman–Crippen LogP) is 5.56. The van der Waals surface area contributed by atoms with Gasteiger partial charge in [-0.3, -0.25) is 4.79 Å². The van der Waals surface area contributed by atoms with Crippen molar-refractivity contribution in [3.05, 3.63) is 83.4 Å². The van der Waals surface area contributed by atoms with E-state index in [1.165, 1.54) is 21.9 Å². The van der Waals surface area contributed by atoms with Crippen LogP contribution in [0.25, 0.3) is 10.8 Å². The highest BCUT2D eigenvalue weighted by atomic mass is 16.1. The first-order valence-electron chi connectivity index (χ1n) is 8.73. The van der Waals surface area contributed by atoms with Crippen LogP contribution < -0.4 is 0 Å². The Morgan fingerprint density at radius 2 is 1.62 bits per heavy atom. The van der Waals surface area contributed by atoms with Crippen molar-refractivity contribution in [1.29, 1.82) is 0 Å². The third kappa shape index (κ3) is 2.19. The standard InChI is InChI=1S/C23H22O/c1-16(2)14-23(15-18-9-4-6-12-20(18)22(23)24)21-13-7-10-17-8-3-5-11-19(17)21/h3-13,16H,14-15H2,1-2H3. The summed E-state index contributed by atoms with van der Waals surface area (Å²) in [5, 5.41) is 2.42. The molecule has 1 unspecified atom stereocenters. The van der Waals surface area contributed by atoms with Crippen molar-refractivity contribution < 1.29 is 4.79 Å². The maximum Gasteiger partial charge on any atom is 0.174 e. The summed E-state index contributed by atoms with van der Waals surface area (Å²) in [5.41, 5.74) is 2.86. The molecule has 3 aromatic rings. The average molecular weight is 314 g/mol. The molecule has 0 radical (unpaired) electrons. The summed E-state index contributed by atoms with van der Waals surface area (Å²) in [4.78, 5) is 13.5. The Bertz CT molecular complexity index is 917. The maximum absolute atomic E-state index is 13.5. The fraction of sp³-hybridized carbons (Fsp3) is 0.261. The van der Waals surface area contributed by atoms with E-state index < -0.39 is 5.41 Å². The van der Waals surface area contributed by atoms with Crippen LogP contribution in [0.2, 0.25) is 0 Å². The quantitative estimate of drug-likeness (QED) is 0.618. The van der Waals surface area contributed by atoms with Crippen LogP contribution in [-0.2, 0) is 11.8 Å². The van der Waals surface area contributed by atoms with E-state index >= 15 is 0 Å². The third-order valence-corrected chi connectivity index (χ3v) is 5.25. The van der Waals surface area contributed by atoms with Crippen molar-refractivity contribution in [2.75, 3.05) is 0 Å². The first-order valence-corrected chi connectivity index (χ1v) is 8.73. The molecule has 0 saturated heterocycles. The summed E-state index contributed by atoms with van der Waals surface area (Å²) in [7, 11) is 0. The number of carbonyl (C=O) groups is 1. The molecule has 0 aliphatic heterocycles. The van der Waals surface area contributed by atoms with E-state index in [2.05, 4.69) is 62.4 Å². The molecular formula is C23H22O. The number of Topliss-reactive ketones (excluding diaryl/α,β-unsaturated/α-hetero) is 1. The zero-order chi connectivity index (χ0) is 16.7. The predicted molar refractivity (Wildman–Crippen MR) is 99.6 cm³/mol. The normalized spacial score (nSPS) is 19.9. The van der Waals surface area contributed by atoms with Crippen LogP contribution in [0.4, 0.5) is 0 Å². The smallest absolute Gasteiger partial charge is 0.174 e. The topological polar surface area (TPSA) is 17.1 Å². The highest BCUT2D eigenvalue weighted by molar-refractivity contribution is 6.10. The number of ketones is 1. The molecular weight excluding hydrogens is 292 g/mol. The SMILES string of the molecule is CC(C)CC1(c2cccc3ccccc23)Cc2ccccc2C1=O. The summed E-state index contributed by atoms with van der Waals surface area (Å²) in [6.45, 7) is 4.42. The molecule has 1 atom stereocenters. The molecule has 1 aliphatic carbocycles. The summed E-state index contributed by atoms with van der Waals surface area (Å²) >= 11 is 0. The van der Waals surface area contributed by atoms with Crippen molar-refractivity contribution in [3.63, 3.8) is 0 Å². The van der Waals surface area contributed by atoms with E-state index in [4.69, 9.17) is 0 Å². The molecule has 1 aliphatic rings. The summed E-state index contributed by atoms with van der Waals surface area (Å²) in [6.07, 6.45) is 1.70. The minimum Gasteiger partial charge on any atom is -0.293 e. The Morgan fingerprint density at radius 3 is 2.42 bits per heavy atom. The van der Waals surface area contributed by atoms with Gasteiger partial charge in [0.05, 0.1) is 5.41 Å². The number of fused-ring (bicyclic) bond motifs is 2. The second-order valence-electron chi connectivity index (χ2n) is 7.37. The van der Waals surface area contributed by atoms with Crippen molar-refractivity contribution in [1.82, 2.24) is 0 Å². The molecule has 0 saturated carbocycles. The zero-order valence-corrected chi connectivity index (χ0v) is 14.3. The molecule has 3 aromatic carbocycles. The zero-order valence-electron chi connectivity index (χ0n) is 14.3. The number of rotatable bonds is 3. The van der Waals surface area contributed by atoms with Crippen LogP contribution in [-0.4, -0.2) is 5.78 Å². The minimum atomic E-state index is -0.432. The molecule has 1 heteroatoms. The van der Waals surface area contributed by atoms with Gasteiger partial charge in [-0.1, -0.05) is 80.6 Å². The Labute approximate surface area is 143 Å². The van der Waals surface area contributed by atoms with E-state index in [1.807, 2.05) is 18.2 Å². The first-order chi connectivity index (χ1) is 11.6. The fourth-order valence-electron chi connectivity index (χ4n) is 4.39. The van der Waals surface area contributed by atoms with Crippen molar-refractivity contribution in [2.24, 2.45) is 5.92 Å². The summed E-state index contributed by atoms with van der Waals surface area (Å²) in [6, 6.07) is 22.9. The van der Waals surface area contributed by atoms with Gasteiger partial charge in [0.25, 0.3) is 0 Å². The van der Waals surface area contributed by atoms with Crippen LogP contribution in [0.15, 0.2) is 66.7 Å². The van der Waals surface area contributed by atoms with Gasteiger partial charge in [0.1, 0.15) is 0 Å². The van der Waals surface area contributed by atoms with E-state index in [-0.39, 0.29) is 0 Å². The van der Waals surface area contributed by atoms with Crippen LogP contribution in [0.1, 0.15) is 41.8 Å². The Kier molecular flexibility index (Phi) is 3.53. The summed E-state index contributed by atoms with van der Waals surface area (Å²) < 4.78 is 0. The second kappa shape index (κ2) is 5.59. The third-order valence-electron chi connectivity index (χ3n) is 5.25. The lowest BCUT2D eigenvalue weighted by molar-refractivity contribution is 0.0883. The van der Waals surface area contributed by atoms with Crippen molar-refractivity contribution in [2.45, 2.75) is 32.1 Å². The number of hydrogen-bond donors (Lipinski definition) is 0. The molecule has 0 spiro atoms. The van der Waals surface area contributed by atoms with E-state index in [9.17, 15) is 4.79 Å². The molecule has 0 aromatic heterocycles. The number of benzene rings is 3. The number of carbonyl (C=O) groups excluding carboxylic acids is 1. The number of hydrogen-bond acceptors (Lipinski definition) is 1. The Hall–Kier alpha value is -2.41. The molecule has 0 heterocycles. The van der Waals surface area contributed by atoms with Crippen molar-refractivity contribution in [3.8, 4) is 0 Å². The Balaban J connectivity index is 1.98. The molecule has 0 N–H and O–H groups in total. The highest BCUT2D eigenvalue weighted by Crippen LogP contribution is 2.46. The van der Waals surface area contributed by atoms with Gasteiger partial charge in [-0.2, -0.15) is 0 Å². The van der Waals surface area contributed by atoms with Gasteiger partial charge in [0.15, 0.2) is 5.78 Å². The second-order valence-corrected chi connectivity index (χ2v) is 7.37. The highest BCUT2D eigenvalue weighted by Gasteiger charge is 2.47. The lowest BCUT2D eigenvalue weighted by Gasteiger charge is -2.31. The van der Waals surface area contributed by atoms with Crippen LogP contribution >= 0.6 is 0 Å². The van der Waals surface area contributed by atoms with E-state index in [1.54, 1.807) is 0 Å². The Morgan fingerprint density at radius 1 is 0.917 bits per heavy atom. The van der Waals surface area contributed by atoms with Crippen molar-refractivity contribution >= 4 is 16.6 Å². The fourth-order valence-corrected chi connectivity index (χ4v) is 4.39. The van der Waals surface area contributed by atoms with E-state index in [0.29, 0.717) is 11.7 Å². The molecule has 1 nitrogen and oxygen atoms in total. The largest absolute Gasteiger partial charge is 0.293 e. The van der Waals surface area contributed by atoms with Gasteiger partial charge in [-0.25, -0.2) is 0 Å². The van der Waals surface area contributed by atoms with Gasteiger partial charge in [-0.05, 0) is 40.7 Å². The lowest BCUT2D eigenvalue weighted by atomic mass is 9.70.